The number of sulfonamides is 1. The lowest BCUT2D eigenvalue weighted by Gasteiger charge is -2.08. The van der Waals surface area contributed by atoms with Gasteiger partial charge < -0.3 is 5.11 Å². The summed E-state index contributed by atoms with van der Waals surface area (Å²) in [6, 6.07) is 7.03. The molecule has 1 heterocycles. The van der Waals surface area contributed by atoms with E-state index in [0.29, 0.717) is 11.3 Å². The lowest BCUT2D eigenvalue weighted by atomic mass is 10.1. The highest BCUT2D eigenvalue weighted by Crippen LogP contribution is 2.24. The molecule has 1 aromatic heterocycles. The second kappa shape index (κ2) is 5.32. The van der Waals surface area contributed by atoms with Gasteiger partial charge in [-0.2, -0.15) is 0 Å². The number of thiophene rings is 1. The maximum absolute atomic E-state index is 12.2. The van der Waals surface area contributed by atoms with E-state index in [1.807, 2.05) is 19.9 Å². The van der Waals surface area contributed by atoms with Crippen molar-refractivity contribution in [2.24, 2.45) is 0 Å². The van der Waals surface area contributed by atoms with Gasteiger partial charge in [0.25, 0.3) is 10.0 Å². The van der Waals surface area contributed by atoms with E-state index in [2.05, 4.69) is 4.72 Å². The predicted octanol–water partition coefficient (Wildman–Crippen LogP) is 2.66. The number of aryl methyl sites for hydroxylation is 2. The van der Waals surface area contributed by atoms with Crippen molar-refractivity contribution in [1.82, 2.24) is 0 Å². The minimum absolute atomic E-state index is 0.157. The molecule has 0 aliphatic carbocycles. The molecule has 4 nitrogen and oxygen atoms in total. The van der Waals surface area contributed by atoms with Crippen molar-refractivity contribution in [3.05, 3.63) is 46.3 Å². The maximum atomic E-state index is 12.2. The average molecular weight is 297 g/mol. The van der Waals surface area contributed by atoms with Crippen LogP contribution in [0.2, 0.25) is 0 Å². The number of anilines is 1. The Morgan fingerprint density at radius 2 is 1.79 bits per heavy atom. The molecule has 0 unspecified atom stereocenters. The van der Waals surface area contributed by atoms with Crippen LogP contribution in [-0.4, -0.2) is 13.5 Å². The van der Waals surface area contributed by atoms with E-state index in [-0.39, 0.29) is 10.8 Å². The van der Waals surface area contributed by atoms with Gasteiger partial charge in [-0.05, 0) is 54.1 Å². The van der Waals surface area contributed by atoms with Gasteiger partial charge in [-0.3, -0.25) is 4.72 Å². The van der Waals surface area contributed by atoms with Crippen LogP contribution in [0.1, 0.15) is 16.7 Å². The Hall–Kier alpha value is -1.37. The molecule has 0 saturated heterocycles. The molecule has 0 bridgehead atoms. The third-order valence-electron chi connectivity index (χ3n) is 2.55. The van der Waals surface area contributed by atoms with Crippen molar-refractivity contribution >= 4 is 27.0 Å². The first-order valence-corrected chi connectivity index (χ1v) is 8.06. The SMILES string of the molecule is Cc1cc(C)cc(NS(=O)(=O)c2cc(CO)cs2)c1. The van der Waals surface area contributed by atoms with Gasteiger partial charge in [0.05, 0.1) is 6.61 Å². The van der Waals surface area contributed by atoms with Gasteiger partial charge in [0, 0.05) is 5.69 Å². The number of hydrogen-bond donors (Lipinski definition) is 2. The van der Waals surface area contributed by atoms with E-state index >= 15 is 0 Å². The Kier molecular flexibility index (Phi) is 3.93. The fourth-order valence-corrected chi connectivity index (χ4v) is 4.06. The van der Waals surface area contributed by atoms with Crippen molar-refractivity contribution in [3.63, 3.8) is 0 Å². The molecule has 0 aliphatic heterocycles. The van der Waals surface area contributed by atoms with E-state index < -0.39 is 10.0 Å². The zero-order valence-corrected chi connectivity index (χ0v) is 12.3. The van der Waals surface area contributed by atoms with Crippen molar-refractivity contribution in [2.75, 3.05) is 4.72 Å². The largest absolute Gasteiger partial charge is 0.392 e. The molecule has 0 atom stereocenters. The summed E-state index contributed by atoms with van der Waals surface area (Å²) < 4.78 is 27.1. The maximum Gasteiger partial charge on any atom is 0.271 e. The molecule has 0 spiro atoms. The van der Waals surface area contributed by atoms with E-state index in [1.54, 1.807) is 17.5 Å². The van der Waals surface area contributed by atoms with Gasteiger partial charge >= 0.3 is 0 Å². The Labute approximate surface area is 116 Å². The quantitative estimate of drug-likeness (QED) is 0.911. The zero-order chi connectivity index (χ0) is 14.0. The van der Waals surface area contributed by atoms with Crippen LogP contribution < -0.4 is 4.72 Å². The van der Waals surface area contributed by atoms with Crippen LogP contribution in [0, 0.1) is 13.8 Å². The molecule has 6 heteroatoms. The first kappa shape index (κ1) is 14.0. The first-order chi connectivity index (χ1) is 8.90. The van der Waals surface area contributed by atoms with Crippen molar-refractivity contribution in [3.8, 4) is 0 Å². The summed E-state index contributed by atoms with van der Waals surface area (Å²) in [5.41, 5.74) is 3.15. The van der Waals surface area contributed by atoms with Gasteiger partial charge in [-0.25, -0.2) is 8.42 Å². The molecule has 0 fully saturated rings. The minimum Gasteiger partial charge on any atom is -0.392 e. The molecule has 102 valence electrons. The van der Waals surface area contributed by atoms with Gasteiger partial charge in [-0.1, -0.05) is 6.07 Å². The lowest BCUT2D eigenvalue weighted by molar-refractivity contribution is 0.282. The fourth-order valence-electron chi connectivity index (χ4n) is 1.82. The second-order valence-corrected chi connectivity index (χ2v) is 7.23. The topological polar surface area (TPSA) is 66.4 Å². The number of benzene rings is 1. The van der Waals surface area contributed by atoms with Crippen LogP contribution in [0.5, 0.6) is 0 Å². The third-order valence-corrected chi connectivity index (χ3v) is 5.42. The van der Waals surface area contributed by atoms with E-state index in [9.17, 15) is 8.42 Å². The van der Waals surface area contributed by atoms with Crippen LogP contribution in [-0.2, 0) is 16.6 Å². The lowest BCUT2D eigenvalue weighted by Crippen LogP contribution is -2.11. The summed E-state index contributed by atoms with van der Waals surface area (Å²) in [4.78, 5) is 0. The van der Waals surface area contributed by atoms with Gasteiger partial charge in [-0.15, -0.1) is 11.3 Å². The third kappa shape index (κ3) is 3.34. The highest BCUT2D eigenvalue weighted by molar-refractivity contribution is 7.94. The second-order valence-electron chi connectivity index (χ2n) is 4.41. The van der Waals surface area contributed by atoms with Crippen LogP contribution in [0.3, 0.4) is 0 Å². The zero-order valence-electron chi connectivity index (χ0n) is 10.7. The van der Waals surface area contributed by atoms with Crippen LogP contribution in [0.25, 0.3) is 0 Å². The number of rotatable bonds is 4. The summed E-state index contributed by atoms with van der Waals surface area (Å²) in [5, 5.41) is 10.6. The van der Waals surface area contributed by atoms with E-state index in [1.165, 1.54) is 6.07 Å². The average Bonchev–Trinajstić information content (AvgIpc) is 2.75. The molecule has 1 aromatic carbocycles. The summed E-state index contributed by atoms with van der Waals surface area (Å²) in [7, 11) is -3.58. The van der Waals surface area contributed by atoms with Crippen LogP contribution >= 0.6 is 11.3 Å². The molecule has 2 N–H and O–H groups in total. The fraction of sp³-hybridized carbons (Fsp3) is 0.231. The van der Waals surface area contributed by atoms with Crippen LogP contribution in [0.4, 0.5) is 5.69 Å². The van der Waals surface area contributed by atoms with E-state index in [4.69, 9.17) is 5.11 Å². The highest BCUT2D eigenvalue weighted by Gasteiger charge is 2.17. The van der Waals surface area contributed by atoms with Crippen molar-refractivity contribution in [1.29, 1.82) is 0 Å². The standard InChI is InChI=1S/C13H15NO3S2/c1-9-3-10(2)5-12(4-9)14-19(16,17)13-6-11(7-15)8-18-13/h3-6,8,14-15H,7H2,1-2H3. The Bertz CT molecular complexity index is 669. The molecular formula is C13H15NO3S2. The van der Waals surface area contributed by atoms with Crippen LogP contribution in [0.15, 0.2) is 33.9 Å². The Morgan fingerprint density at radius 1 is 1.16 bits per heavy atom. The van der Waals surface area contributed by atoms with Crippen molar-refractivity contribution < 1.29 is 13.5 Å². The minimum atomic E-state index is -3.58. The summed E-state index contributed by atoms with van der Waals surface area (Å²) in [6.45, 7) is 3.68. The molecule has 2 aromatic rings. The summed E-state index contributed by atoms with van der Waals surface area (Å²) in [5.74, 6) is 0. The molecule has 2 rings (SSSR count). The van der Waals surface area contributed by atoms with Crippen molar-refractivity contribution in [2.45, 2.75) is 24.7 Å². The Balaban J connectivity index is 2.30. The van der Waals surface area contributed by atoms with Gasteiger partial charge in [0.15, 0.2) is 0 Å². The van der Waals surface area contributed by atoms with E-state index in [0.717, 1.165) is 22.5 Å². The molecule has 0 radical (unpaired) electrons. The summed E-state index contributed by atoms with van der Waals surface area (Å²) in [6.07, 6.45) is 0. The molecular weight excluding hydrogens is 282 g/mol. The number of aliphatic hydroxyl groups is 1. The predicted molar refractivity (Wildman–Crippen MR) is 77.0 cm³/mol. The number of hydrogen-bond acceptors (Lipinski definition) is 4. The summed E-state index contributed by atoms with van der Waals surface area (Å²) >= 11 is 1.10. The molecule has 0 saturated carbocycles. The Morgan fingerprint density at radius 3 is 2.32 bits per heavy atom. The monoisotopic (exact) mass is 297 g/mol. The molecule has 0 amide bonds. The smallest absolute Gasteiger partial charge is 0.271 e. The number of nitrogens with one attached hydrogen (secondary N) is 1. The van der Waals surface area contributed by atoms with Gasteiger partial charge in [0.1, 0.15) is 4.21 Å². The highest BCUT2D eigenvalue weighted by atomic mass is 32.2. The normalized spacial score (nSPS) is 11.5. The molecule has 19 heavy (non-hydrogen) atoms. The number of aliphatic hydroxyl groups excluding tert-OH is 1. The van der Waals surface area contributed by atoms with Gasteiger partial charge in [0.2, 0.25) is 0 Å². The first-order valence-electron chi connectivity index (χ1n) is 5.70. The molecule has 0 aliphatic rings.